The van der Waals surface area contributed by atoms with Crippen LogP contribution in [0.25, 0.3) is 10.9 Å². The highest BCUT2D eigenvalue weighted by Gasteiger charge is 2.28. The van der Waals surface area contributed by atoms with Crippen LogP contribution in [0.1, 0.15) is 11.1 Å². The van der Waals surface area contributed by atoms with Gasteiger partial charge in [-0.05, 0) is 36.8 Å². The SMILES string of the molecule is Cc1ccc2cc(COC(=O)C3COc4ccccc4O3)c(Cl)nc2c1. The Kier molecular flexibility index (Phi) is 4.39. The Morgan fingerprint density at radius 1 is 1.23 bits per heavy atom. The molecule has 1 aliphatic heterocycles. The third-order valence-corrected chi connectivity index (χ3v) is 4.47. The van der Waals surface area contributed by atoms with Crippen LogP contribution in [-0.4, -0.2) is 23.7 Å². The number of fused-ring (bicyclic) bond motifs is 2. The van der Waals surface area contributed by atoms with Crippen LogP contribution in [0.4, 0.5) is 0 Å². The van der Waals surface area contributed by atoms with Gasteiger partial charge in [-0.15, -0.1) is 0 Å². The van der Waals surface area contributed by atoms with E-state index in [9.17, 15) is 4.79 Å². The van der Waals surface area contributed by atoms with Crippen molar-refractivity contribution in [3.8, 4) is 11.5 Å². The fourth-order valence-corrected chi connectivity index (χ4v) is 2.98. The van der Waals surface area contributed by atoms with Crippen LogP contribution >= 0.6 is 11.6 Å². The topological polar surface area (TPSA) is 57.7 Å². The van der Waals surface area contributed by atoms with Crippen LogP contribution in [0, 0.1) is 6.92 Å². The molecule has 132 valence electrons. The van der Waals surface area contributed by atoms with Gasteiger partial charge in [0.2, 0.25) is 6.10 Å². The molecule has 1 aromatic heterocycles. The molecule has 4 rings (SSSR count). The van der Waals surface area contributed by atoms with Crippen LogP contribution in [0.2, 0.25) is 5.15 Å². The van der Waals surface area contributed by atoms with Crippen molar-refractivity contribution < 1.29 is 19.0 Å². The van der Waals surface area contributed by atoms with E-state index in [1.54, 1.807) is 12.1 Å². The Balaban J connectivity index is 1.46. The molecule has 1 atom stereocenters. The smallest absolute Gasteiger partial charge is 0.351 e. The summed E-state index contributed by atoms with van der Waals surface area (Å²) < 4.78 is 16.6. The van der Waals surface area contributed by atoms with Crippen molar-refractivity contribution in [2.24, 2.45) is 0 Å². The summed E-state index contributed by atoms with van der Waals surface area (Å²) in [4.78, 5) is 16.7. The molecule has 0 saturated heterocycles. The van der Waals surface area contributed by atoms with E-state index in [4.69, 9.17) is 25.8 Å². The number of rotatable bonds is 3. The predicted molar refractivity (Wildman–Crippen MR) is 97.6 cm³/mol. The van der Waals surface area contributed by atoms with E-state index in [-0.39, 0.29) is 13.2 Å². The van der Waals surface area contributed by atoms with Crippen molar-refractivity contribution in [2.45, 2.75) is 19.6 Å². The highest BCUT2D eigenvalue weighted by Crippen LogP contribution is 2.31. The Morgan fingerprint density at radius 2 is 2.04 bits per heavy atom. The molecule has 6 heteroatoms. The molecular formula is C20H16ClNO4. The number of para-hydroxylation sites is 2. The van der Waals surface area contributed by atoms with Gasteiger partial charge in [-0.1, -0.05) is 35.9 Å². The molecule has 5 nitrogen and oxygen atoms in total. The number of hydrogen-bond donors (Lipinski definition) is 0. The van der Waals surface area contributed by atoms with Gasteiger partial charge in [0.1, 0.15) is 18.4 Å². The lowest BCUT2D eigenvalue weighted by Crippen LogP contribution is -2.37. The van der Waals surface area contributed by atoms with Crippen LogP contribution < -0.4 is 9.47 Å². The largest absolute Gasteiger partial charge is 0.485 e. The standard InChI is InChI=1S/C20H16ClNO4/c1-12-6-7-13-9-14(19(21)22-15(13)8-12)10-25-20(23)18-11-24-16-4-2-3-5-17(16)26-18/h2-9,18H,10-11H2,1H3. The molecule has 2 heterocycles. The van der Waals surface area contributed by atoms with Crippen molar-refractivity contribution >= 4 is 28.5 Å². The van der Waals surface area contributed by atoms with E-state index in [0.717, 1.165) is 16.5 Å². The number of esters is 1. The molecule has 1 aliphatic rings. The number of pyridine rings is 1. The zero-order chi connectivity index (χ0) is 18.1. The first-order valence-electron chi connectivity index (χ1n) is 8.21. The number of ether oxygens (including phenoxy) is 3. The number of halogens is 1. The molecule has 26 heavy (non-hydrogen) atoms. The van der Waals surface area contributed by atoms with Gasteiger partial charge in [0.05, 0.1) is 5.52 Å². The van der Waals surface area contributed by atoms with Crippen molar-refractivity contribution in [3.05, 3.63) is 64.8 Å². The van der Waals surface area contributed by atoms with Crippen molar-refractivity contribution in [3.63, 3.8) is 0 Å². The number of nitrogens with zero attached hydrogens (tertiary/aromatic N) is 1. The number of aryl methyl sites for hydroxylation is 1. The van der Waals surface area contributed by atoms with E-state index >= 15 is 0 Å². The zero-order valence-corrected chi connectivity index (χ0v) is 14.8. The van der Waals surface area contributed by atoms with E-state index in [2.05, 4.69) is 4.98 Å². The summed E-state index contributed by atoms with van der Waals surface area (Å²) in [6.07, 6.45) is -0.806. The minimum absolute atomic E-state index is 0.0238. The fourth-order valence-electron chi connectivity index (χ4n) is 2.78. The Bertz CT molecular complexity index is 989. The van der Waals surface area contributed by atoms with E-state index in [1.165, 1.54) is 0 Å². The molecule has 0 spiro atoms. The van der Waals surface area contributed by atoms with Crippen LogP contribution in [0.5, 0.6) is 11.5 Å². The van der Waals surface area contributed by atoms with Crippen LogP contribution in [0.15, 0.2) is 48.5 Å². The summed E-state index contributed by atoms with van der Waals surface area (Å²) in [6.45, 7) is 2.13. The second kappa shape index (κ2) is 6.84. The van der Waals surface area contributed by atoms with Gasteiger partial charge in [0.25, 0.3) is 0 Å². The number of benzene rings is 2. The number of hydrogen-bond acceptors (Lipinski definition) is 5. The highest BCUT2D eigenvalue weighted by molar-refractivity contribution is 6.30. The predicted octanol–water partition coefficient (Wildman–Crippen LogP) is 4.08. The summed E-state index contributed by atoms with van der Waals surface area (Å²) >= 11 is 6.23. The molecule has 0 radical (unpaired) electrons. The van der Waals surface area contributed by atoms with Gasteiger partial charge in [-0.25, -0.2) is 9.78 Å². The highest BCUT2D eigenvalue weighted by atomic mass is 35.5. The van der Waals surface area contributed by atoms with E-state index in [1.807, 2.05) is 43.3 Å². The average Bonchev–Trinajstić information content (AvgIpc) is 2.65. The van der Waals surface area contributed by atoms with Crippen molar-refractivity contribution in [2.75, 3.05) is 6.61 Å². The number of aromatic nitrogens is 1. The van der Waals surface area contributed by atoms with Gasteiger partial charge in [0, 0.05) is 10.9 Å². The zero-order valence-electron chi connectivity index (χ0n) is 14.1. The molecule has 0 aliphatic carbocycles. The van der Waals surface area contributed by atoms with Gasteiger partial charge in [-0.3, -0.25) is 0 Å². The Labute approximate surface area is 155 Å². The lowest BCUT2D eigenvalue weighted by atomic mass is 10.1. The summed E-state index contributed by atoms with van der Waals surface area (Å²) in [5.74, 6) is 0.648. The van der Waals surface area contributed by atoms with E-state index in [0.29, 0.717) is 22.2 Å². The van der Waals surface area contributed by atoms with Crippen LogP contribution in [-0.2, 0) is 16.1 Å². The molecule has 1 unspecified atom stereocenters. The molecule has 2 aromatic carbocycles. The van der Waals surface area contributed by atoms with Gasteiger partial charge in [0.15, 0.2) is 11.5 Å². The van der Waals surface area contributed by atoms with E-state index < -0.39 is 12.1 Å². The molecule has 0 N–H and O–H groups in total. The van der Waals surface area contributed by atoms with Crippen molar-refractivity contribution in [1.82, 2.24) is 4.98 Å². The maximum atomic E-state index is 12.3. The first-order valence-corrected chi connectivity index (χ1v) is 8.59. The number of carbonyl (C=O) groups is 1. The van der Waals surface area contributed by atoms with Gasteiger partial charge >= 0.3 is 5.97 Å². The summed E-state index contributed by atoms with van der Waals surface area (Å²) in [7, 11) is 0. The number of carbonyl (C=O) groups excluding carboxylic acids is 1. The monoisotopic (exact) mass is 369 g/mol. The third kappa shape index (κ3) is 3.30. The molecule has 0 saturated carbocycles. The summed E-state index contributed by atoms with van der Waals surface area (Å²) in [6, 6.07) is 15.0. The lowest BCUT2D eigenvalue weighted by Gasteiger charge is -2.25. The normalized spacial score (nSPS) is 15.7. The quantitative estimate of drug-likeness (QED) is 0.514. The minimum atomic E-state index is -0.806. The van der Waals surface area contributed by atoms with Gasteiger partial charge < -0.3 is 14.2 Å². The average molecular weight is 370 g/mol. The maximum Gasteiger partial charge on any atom is 0.351 e. The second-order valence-corrected chi connectivity index (χ2v) is 6.46. The Hall–Kier alpha value is -2.79. The third-order valence-electron chi connectivity index (χ3n) is 4.14. The van der Waals surface area contributed by atoms with Crippen LogP contribution in [0.3, 0.4) is 0 Å². The van der Waals surface area contributed by atoms with Crippen molar-refractivity contribution in [1.29, 1.82) is 0 Å². The van der Waals surface area contributed by atoms with Gasteiger partial charge in [-0.2, -0.15) is 0 Å². The fraction of sp³-hybridized carbons (Fsp3) is 0.200. The summed E-state index contributed by atoms with van der Waals surface area (Å²) in [5, 5.41) is 1.26. The molecule has 0 fully saturated rings. The maximum absolute atomic E-state index is 12.3. The molecule has 0 amide bonds. The molecule has 0 bridgehead atoms. The first kappa shape index (κ1) is 16.7. The second-order valence-electron chi connectivity index (χ2n) is 6.11. The minimum Gasteiger partial charge on any atom is -0.485 e. The first-order chi connectivity index (χ1) is 12.6. The molecule has 3 aromatic rings. The lowest BCUT2D eigenvalue weighted by molar-refractivity contribution is -0.155. The molecular weight excluding hydrogens is 354 g/mol. The Morgan fingerprint density at radius 3 is 2.88 bits per heavy atom. The summed E-state index contributed by atoms with van der Waals surface area (Å²) in [5.41, 5.74) is 2.56.